The normalized spacial score (nSPS) is 15.4. The van der Waals surface area contributed by atoms with E-state index in [0.29, 0.717) is 37.0 Å². The number of rotatable bonds is 8. The summed E-state index contributed by atoms with van der Waals surface area (Å²) >= 11 is 5.91. The van der Waals surface area contributed by atoms with Crippen molar-refractivity contribution in [2.24, 2.45) is 0 Å². The van der Waals surface area contributed by atoms with Crippen molar-refractivity contribution in [2.45, 2.75) is 19.1 Å². The zero-order chi connectivity index (χ0) is 21.3. The van der Waals surface area contributed by atoms with Gasteiger partial charge in [-0.3, -0.25) is 9.69 Å². The second-order valence-corrected chi connectivity index (χ2v) is 7.51. The molecular weight excluding hydrogens is 408 g/mol. The first kappa shape index (κ1) is 21.9. The summed E-state index contributed by atoms with van der Waals surface area (Å²) in [6.45, 7) is 2.36. The highest BCUT2D eigenvalue weighted by Crippen LogP contribution is 2.18. The van der Waals surface area contributed by atoms with E-state index < -0.39 is 6.09 Å². The highest BCUT2D eigenvalue weighted by atomic mass is 35.5. The minimum absolute atomic E-state index is 0.160. The summed E-state index contributed by atoms with van der Waals surface area (Å²) in [5.74, 6) is 0.343. The third kappa shape index (κ3) is 6.64. The number of esters is 1. The monoisotopic (exact) mass is 432 g/mol. The molecule has 0 bridgehead atoms. The van der Waals surface area contributed by atoms with E-state index >= 15 is 0 Å². The molecule has 1 atom stereocenters. The number of hydrogen-bond donors (Lipinski definition) is 1. The number of hydrogen-bond acceptors (Lipinski definition) is 5. The molecule has 1 aliphatic rings. The summed E-state index contributed by atoms with van der Waals surface area (Å²) < 4.78 is 11.3. The van der Waals surface area contributed by atoms with Gasteiger partial charge in [0.2, 0.25) is 0 Å². The van der Waals surface area contributed by atoms with Crippen molar-refractivity contribution in [3.05, 3.63) is 65.2 Å². The average Bonchev–Trinajstić information content (AvgIpc) is 2.77. The van der Waals surface area contributed by atoms with Crippen LogP contribution in [0.5, 0.6) is 5.75 Å². The lowest BCUT2D eigenvalue weighted by Gasteiger charge is -2.37. The molecule has 0 aromatic heterocycles. The molecule has 7 nitrogen and oxygen atoms in total. The van der Waals surface area contributed by atoms with Crippen molar-refractivity contribution in [1.29, 1.82) is 0 Å². The smallest absolute Gasteiger partial charge is 0.407 e. The molecule has 1 saturated heterocycles. The summed E-state index contributed by atoms with van der Waals surface area (Å²) in [5, 5.41) is 9.78. The van der Waals surface area contributed by atoms with E-state index in [9.17, 15) is 9.59 Å². The Balaban J connectivity index is 1.58. The zero-order valence-electron chi connectivity index (χ0n) is 16.6. The molecule has 30 heavy (non-hydrogen) atoms. The molecule has 2 aromatic carbocycles. The number of halogens is 1. The summed E-state index contributed by atoms with van der Waals surface area (Å²) in [6, 6.07) is 16.3. The van der Waals surface area contributed by atoms with Gasteiger partial charge < -0.3 is 19.5 Å². The number of piperazine rings is 1. The van der Waals surface area contributed by atoms with E-state index in [0.717, 1.165) is 5.56 Å². The molecule has 0 aliphatic carbocycles. The van der Waals surface area contributed by atoms with Crippen molar-refractivity contribution in [1.82, 2.24) is 9.80 Å². The van der Waals surface area contributed by atoms with Crippen LogP contribution in [0.2, 0.25) is 5.02 Å². The van der Waals surface area contributed by atoms with Gasteiger partial charge in [0.05, 0.1) is 12.5 Å². The van der Waals surface area contributed by atoms with E-state index in [2.05, 4.69) is 4.90 Å². The molecule has 1 N–H and O–H groups in total. The minimum atomic E-state index is -0.925. The SMILES string of the molecule is O=C(CC(COc1ccc(Cl)cc1)N1CCN(C(=O)O)CC1)OCc1ccccc1. The first-order chi connectivity index (χ1) is 14.5. The van der Waals surface area contributed by atoms with Gasteiger partial charge in [0, 0.05) is 31.2 Å². The van der Waals surface area contributed by atoms with Crippen LogP contribution in [0.15, 0.2) is 54.6 Å². The highest BCUT2D eigenvalue weighted by molar-refractivity contribution is 6.30. The number of carbonyl (C=O) groups excluding carboxylic acids is 1. The number of nitrogens with zero attached hydrogens (tertiary/aromatic N) is 2. The topological polar surface area (TPSA) is 79.3 Å². The van der Waals surface area contributed by atoms with Crippen LogP contribution in [-0.2, 0) is 16.1 Å². The molecule has 8 heteroatoms. The molecule has 1 unspecified atom stereocenters. The van der Waals surface area contributed by atoms with Crippen molar-refractivity contribution in [3.63, 3.8) is 0 Å². The summed E-state index contributed by atoms with van der Waals surface area (Å²) in [7, 11) is 0. The van der Waals surface area contributed by atoms with Gasteiger partial charge in [-0.25, -0.2) is 4.79 Å². The van der Waals surface area contributed by atoms with Gasteiger partial charge >= 0.3 is 12.1 Å². The standard InChI is InChI=1S/C22H25ClN2O5/c23-18-6-8-20(9-7-18)29-16-19(24-10-12-25(13-11-24)22(27)28)14-21(26)30-15-17-4-2-1-3-5-17/h1-9,19H,10-16H2,(H,27,28). The van der Waals surface area contributed by atoms with Crippen LogP contribution in [0.1, 0.15) is 12.0 Å². The molecule has 0 radical (unpaired) electrons. The Hall–Kier alpha value is -2.77. The fraction of sp³-hybridized carbons (Fsp3) is 0.364. The molecule has 1 aliphatic heterocycles. The van der Waals surface area contributed by atoms with Gasteiger partial charge in [0.15, 0.2) is 0 Å². The van der Waals surface area contributed by atoms with E-state index in [1.807, 2.05) is 30.3 Å². The Morgan fingerprint density at radius 3 is 2.30 bits per heavy atom. The Morgan fingerprint density at radius 2 is 1.67 bits per heavy atom. The summed E-state index contributed by atoms with van der Waals surface area (Å²) in [5.41, 5.74) is 0.926. The Bertz CT molecular complexity index is 823. The summed E-state index contributed by atoms with van der Waals surface area (Å²) in [4.78, 5) is 27.1. The predicted octanol–water partition coefficient (Wildman–Crippen LogP) is 3.52. The van der Waals surface area contributed by atoms with Crippen LogP contribution >= 0.6 is 11.6 Å². The predicted molar refractivity (Wildman–Crippen MR) is 113 cm³/mol. The maximum atomic E-state index is 12.5. The zero-order valence-corrected chi connectivity index (χ0v) is 17.3. The Morgan fingerprint density at radius 1 is 1.00 bits per heavy atom. The molecule has 1 heterocycles. The second kappa shape index (κ2) is 10.8. The maximum absolute atomic E-state index is 12.5. The van der Waals surface area contributed by atoms with Crippen LogP contribution in [0, 0.1) is 0 Å². The maximum Gasteiger partial charge on any atom is 0.407 e. The first-order valence-electron chi connectivity index (χ1n) is 9.81. The van der Waals surface area contributed by atoms with Gasteiger partial charge in [-0.1, -0.05) is 41.9 Å². The fourth-order valence-corrected chi connectivity index (χ4v) is 3.41. The largest absolute Gasteiger partial charge is 0.492 e. The van der Waals surface area contributed by atoms with Gasteiger partial charge in [-0.05, 0) is 29.8 Å². The van der Waals surface area contributed by atoms with Crippen molar-refractivity contribution < 1.29 is 24.2 Å². The number of carbonyl (C=O) groups is 2. The van der Waals surface area contributed by atoms with Crippen LogP contribution in [0.25, 0.3) is 0 Å². The molecule has 1 amide bonds. The molecule has 0 saturated carbocycles. The average molecular weight is 433 g/mol. The third-order valence-corrected chi connectivity index (χ3v) is 5.25. The molecular formula is C22H25ClN2O5. The number of carboxylic acid groups (broad SMARTS) is 1. The van der Waals surface area contributed by atoms with Crippen molar-refractivity contribution in [3.8, 4) is 5.75 Å². The molecule has 160 valence electrons. The minimum Gasteiger partial charge on any atom is -0.492 e. The highest BCUT2D eigenvalue weighted by Gasteiger charge is 2.28. The fourth-order valence-electron chi connectivity index (χ4n) is 3.28. The number of benzene rings is 2. The Kier molecular flexibility index (Phi) is 7.93. The quantitative estimate of drug-likeness (QED) is 0.643. The van der Waals surface area contributed by atoms with Gasteiger partial charge in [0.1, 0.15) is 19.0 Å². The van der Waals surface area contributed by atoms with Crippen molar-refractivity contribution >= 4 is 23.7 Å². The van der Waals surface area contributed by atoms with Gasteiger partial charge in [-0.2, -0.15) is 0 Å². The lowest BCUT2D eigenvalue weighted by atomic mass is 10.1. The third-order valence-electron chi connectivity index (χ3n) is 5.00. The van der Waals surface area contributed by atoms with Gasteiger partial charge in [0.25, 0.3) is 0 Å². The summed E-state index contributed by atoms with van der Waals surface area (Å²) in [6.07, 6.45) is -0.765. The molecule has 2 aromatic rings. The van der Waals surface area contributed by atoms with E-state index in [1.165, 1.54) is 4.90 Å². The second-order valence-electron chi connectivity index (χ2n) is 7.07. The van der Waals surface area contributed by atoms with Crippen molar-refractivity contribution in [2.75, 3.05) is 32.8 Å². The van der Waals surface area contributed by atoms with Crippen LogP contribution < -0.4 is 4.74 Å². The number of ether oxygens (including phenoxy) is 2. The Labute approximate surface area is 180 Å². The van der Waals surface area contributed by atoms with E-state index in [4.69, 9.17) is 26.2 Å². The van der Waals surface area contributed by atoms with Crippen LogP contribution in [0.4, 0.5) is 4.79 Å². The lowest BCUT2D eigenvalue weighted by molar-refractivity contribution is -0.147. The first-order valence-corrected chi connectivity index (χ1v) is 10.2. The lowest BCUT2D eigenvalue weighted by Crippen LogP contribution is -2.53. The molecule has 0 spiro atoms. The van der Waals surface area contributed by atoms with Crippen LogP contribution in [0.3, 0.4) is 0 Å². The van der Waals surface area contributed by atoms with E-state index in [1.54, 1.807) is 24.3 Å². The van der Waals surface area contributed by atoms with Gasteiger partial charge in [-0.15, -0.1) is 0 Å². The van der Waals surface area contributed by atoms with E-state index in [-0.39, 0.29) is 31.6 Å². The number of amides is 1. The molecule has 3 rings (SSSR count). The van der Waals surface area contributed by atoms with Crippen LogP contribution in [-0.4, -0.2) is 65.8 Å². The molecule has 1 fully saturated rings.